The first kappa shape index (κ1) is 19.1. The lowest BCUT2D eigenvalue weighted by Gasteiger charge is -2.27. The normalized spacial score (nSPS) is 11.8. The number of fused-ring (bicyclic) bond motifs is 1. The molecule has 0 aliphatic rings. The lowest BCUT2D eigenvalue weighted by molar-refractivity contribution is 0.0577. The highest BCUT2D eigenvalue weighted by molar-refractivity contribution is 9.10. The van der Waals surface area contributed by atoms with Gasteiger partial charge in [-0.1, -0.05) is 6.07 Å². The molecule has 0 saturated carbocycles. The van der Waals surface area contributed by atoms with Crippen LogP contribution in [0.1, 0.15) is 31.3 Å². The Morgan fingerprint density at radius 3 is 2.81 bits per heavy atom. The number of halogens is 2. The molecule has 0 atom stereocenters. The van der Waals surface area contributed by atoms with Crippen LogP contribution in [0.3, 0.4) is 0 Å². The second-order valence-corrected chi connectivity index (χ2v) is 8.95. The Labute approximate surface area is 168 Å². The van der Waals surface area contributed by atoms with Gasteiger partial charge in [-0.2, -0.15) is 4.98 Å². The van der Waals surface area contributed by atoms with E-state index in [0.29, 0.717) is 17.9 Å². The number of thiophene rings is 1. The van der Waals surface area contributed by atoms with Gasteiger partial charge in [-0.05, 0) is 72.7 Å². The molecule has 26 heavy (non-hydrogen) atoms. The van der Waals surface area contributed by atoms with Gasteiger partial charge in [0.15, 0.2) is 5.82 Å². The summed E-state index contributed by atoms with van der Waals surface area (Å²) in [5.41, 5.74) is 0.906. The molecule has 0 N–H and O–H groups in total. The van der Waals surface area contributed by atoms with Gasteiger partial charge in [0.25, 0.3) is 0 Å². The average Bonchev–Trinajstić information content (AvgIpc) is 3.13. The largest absolute Gasteiger partial charge is 0.443 e. The van der Waals surface area contributed by atoms with E-state index in [-0.39, 0.29) is 5.28 Å². The summed E-state index contributed by atoms with van der Waals surface area (Å²) in [4.78, 5) is 19.7. The standard InChI is InChI=1S/C17H18BrClN4O2S/c1-10-12(18)8-13-14(20-15(19)21-23(10)13)22(9-11-6-5-7-26-11)16(24)25-17(2,3)4/h5-8H,9H2,1-4H3. The van der Waals surface area contributed by atoms with Crippen LogP contribution in [0.4, 0.5) is 10.6 Å². The van der Waals surface area contributed by atoms with Gasteiger partial charge in [0.05, 0.1) is 12.2 Å². The van der Waals surface area contributed by atoms with Gasteiger partial charge in [-0.3, -0.25) is 4.90 Å². The first-order valence-electron chi connectivity index (χ1n) is 7.90. The van der Waals surface area contributed by atoms with E-state index < -0.39 is 11.7 Å². The van der Waals surface area contributed by atoms with Crippen LogP contribution in [0, 0.1) is 6.92 Å². The van der Waals surface area contributed by atoms with Gasteiger partial charge >= 0.3 is 6.09 Å². The van der Waals surface area contributed by atoms with Crippen molar-refractivity contribution in [2.75, 3.05) is 4.90 Å². The Kier molecular flexibility index (Phi) is 5.28. The van der Waals surface area contributed by atoms with E-state index in [9.17, 15) is 4.79 Å². The molecule has 9 heteroatoms. The van der Waals surface area contributed by atoms with Crippen molar-refractivity contribution in [2.45, 2.75) is 39.8 Å². The molecule has 0 saturated heterocycles. The van der Waals surface area contributed by atoms with Crippen molar-refractivity contribution in [1.29, 1.82) is 0 Å². The third-order valence-corrected chi connectivity index (χ3v) is 5.35. The van der Waals surface area contributed by atoms with Crippen molar-refractivity contribution >= 4 is 56.3 Å². The summed E-state index contributed by atoms with van der Waals surface area (Å²) >= 11 is 11.2. The molecule has 3 rings (SSSR count). The maximum absolute atomic E-state index is 12.9. The number of nitrogens with zero attached hydrogens (tertiary/aromatic N) is 4. The molecule has 3 aromatic rings. The van der Waals surface area contributed by atoms with Crippen LogP contribution in [0.5, 0.6) is 0 Å². The average molecular weight is 458 g/mol. The third-order valence-electron chi connectivity index (χ3n) is 3.53. The Morgan fingerprint density at radius 1 is 1.46 bits per heavy atom. The van der Waals surface area contributed by atoms with Gasteiger partial charge in [0.1, 0.15) is 11.1 Å². The minimum atomic E-state index is -0.629. The molecule has 6 nitrogen and oxygen atoms in total. The van der Waals surface area contributed by atoms with Gasteiger partial charge in [-0.15, -0.1) is 16.4 Å². The van der Waals surface area contributed by atoms with E-state index in [1.165, 1.54) is 4.90 Å². The van der Waals surface area contributed by atoms with Crippen LogP contribution >= 0.6 is 38.9 Å². The first-order valence-corrected chi connectivity index (χ1v) is 9.95. The van der Waals surface area contributed by atoms with E-state index in [1.54, 1.807) is 15.9 Å². The molecule has 0 spiro atoms. The van der Waals surface area contributed by atoms with Crippen molar-refractivity contribution in [1.82, 2.24) is 14.6 Å². The van der Waals surface area contributed by atoms with E-state index in [4.69, 9.17) is 16.3 Å². The highest BCUT2D eigenvalue weighted by Gasteiger charge is 2.28. The van der Waals surface area contributed by atoms with Crippen LogP contribution in [0.15, 0.2) is 28.1 Å². The van der Waals surface area contributed by atoms with Crippen LogP contribution in [0.2, 0.25) is 5.28 Å². The minimum absolute atomic E-state index is 0.0541. The van der Waals surface area contributed by atoms with Crippen LogP contribution in [-0.4, -0.2) is 26.3 Å². The zero-order valence-corrected chi connectivity index (χ0v) is 17.9. The number of carbonyl (C=O) groups is 1. The van der Waals surface area contributed by atoms with E-state index in [1.807, 2.05) is 51.3 Å². The maximum atomic E-state index is 12.9. The quantitative estimate of drug-likeness (QED) is 0.524. The summed E-state index contributed by atoms with van der Waals surface area (Å²) in [6, 6.07) is 5.77. The lowest BCUT2D eigenvalue weighted by Crippen LogP contribution is -2.37. The fraction of sp³-hybridized carbons (Fsp3) is 0.353. The maximum Gasteiger partial charge on any atom is 0.416 e. The van der Waals surface area contributed by atoms with E-state index >= 15 is 0 Å². The molecule has 0 aromatic carbocycles. The fourth-order valence-electron chi connectivity index (χ4n) is 2.41. The molecule has 0 fully saturated rings. The zero-order valence-electron chi connectivity index (χ0n) is 14.8. The molecule has 0 aliphatic heterocycles. The fourth-order valence-corrected chi connectivity index (χ4v) is 3.64. The number of carbonyl (C=O) groups excluding carboxylic acids is 1. The number of hydrogen-bond donors (Lipinski definition) is 0. The smallest absolute Gasteiger partial charge is 0.416 e. The molecule has 0 unspecified atom stereocenters. The van der Waals surface area contributed by atoms with Crippen molar-refractivity contribution in [2.24, 2.45) is 0 Å². The number of ether oxygens (including phenoxy) is 1. The van der Waals surface area contributed by atoms with Crippen molar-refractivity contribution in [3.05, 3.63) is 43.9 Å². The molecule has 0 aliphatic carbocycles. The van der Waals surface area contributed by atoms with E-state index in [0.717, 1.165) is 15.0 Å². The van der Waals surface area contributed by atoms with Crippen LogP contribution < -0.4 is 4.90 Å². The number of aryl methyl sites for hydroxylation is 1. The molecule has 0 radical (unpaired) electrons. The third kappa shape index (κ3) is 4.02. The Balaban J connectivity index is 2.13. The summed E-state index contributed by atoms with van der Waals surface area (Å²) in [5, 5.41) is 6.25. The molecule has 1 amide bonds. The summed E-state index contributed by atoms with van der Waals surface area (Å²) in [5.74, 6) is 0.404. The minimum Gasteiger partial charge on any atom is -0.443 e. The van der Waals surface area contributed by atoms with Gasteiger partial charge < -0.3 is 4.74 Å². The molecule has 0 bridgehead atoms. The van der Waals surface area contributed by atoms with Gasteiger partial charge in [-0.25, -0.2) is 9.31 Å². The predicted molar refractivity (Wildman–Crippen MR) is 107 cm³/mol. The van der Waals surface area contributed by atoms with Gasteiger partial charge in [0, 0.05) is 9.35 Å². The SMILES string of the molecule is Cc1c(Br)cc2c(N(Cc3cccs3)C(=O)OC(C)(C)C)nc(Cl)nn12. The van der Waals surface area contributed by atoms with E-state index in [2.05, 4.69) is 26.0 Å². The summed E-state index contributed by atoms with van der Waals surface area (Å²) in [6.45, 7) is 7.72. The number of aromatic nitrogens is 3. The van der Waals surface area contributed by atoms with Crippen molar-refractivity contribution < 1.29 is 9.53 Å². The Morgan fingerprint density at radius 2 is 2.19 bits per heavy atom. The summed E-state index contributed by atoms with van der Waals surface area (Å²) in [6.07, 6.45) is -0.488. The molecular formula is C17H18BrClN4O2S. The van der Waals surface area contributed by atoms with Crippen molar-refractivity contribution in [3.8, 4) is 0 Å². The number of anilines is 1. The zero-order chi connectivity index (χ0) is 19.1. The monoisotopic (exact) mass is 456 g/mol. The Hall–Kier alpha value is -1.64. The topological polar surface area (TPSA) is 59.7 Å². The summed E-state index contributed by atoms with van der Waals surface area (Å²) in [7, 11) is 0. The highest BCUT2D eigenvalue weighted by atomic mass is 79.9. The van der Waals surface area contributed by atoms with Crippen LogP contribution in [0.25, 0.3) is 5.52 Å². The van der Waals surface area contributed by atoms with Crippen LogP contribution in [-0.2, 0) is 11.3 Å². The first-order chi connectivity index (χ1) is 12.2. The molecule has 3 heterocycles. The highest BCUT2D eigenvalue weighted by Crippen LogP contribution is 2.30. The molecular weight excluding hydrogens is 440 g/mol. The number of hydrogen-bond acceptors (Lipinski definition) is 5. The molecule has 138 valence electrons. The van der Waals surface area contributed by atoms with Gasteiger partial charge in [0.2, 0.25) is 5.28 Å². The number of amides is 1. The Bertz CT molecular complexity index is 950. The molecule has 3 aromatic heterocycles. The predicted octanol–water partition coefficient (Wildman–Crippen LogP) is 5.46. The van der Waals surface area contributed by atoms with Crippen molar-refractivity contribution in [3.63, 3.8) is 0 Å². The summed E-state index contributed by atoms with van der Waals surface area (Å²) < 4.78 is 8.12. The second-order valence-electron chi connectivity index (χ2n) is 6.73. The number of rotatable bonds is 3. The lowest BCUT2D eigenvalue weighted by atomic mass is 10.2. The second kappa shape index (κ2) is 7.17.